The molecule has 2 aromatic carbocycles. The fourth-order valence-electron chi connectivity index (χ4n) is 3.57. The van der Waals surface area contributed by atoms with E-state index in [1.165, 1.54) is 36.7 Å². The quantitative estimate of drug-likeness (QED) is 0.236. The summed E-state index contributed by atoms with van der Waals surface area (Å²) in [4.78, 5) is 26.6. The zero-order valence-electron chi connectivity index (χ0n) is 18.2. The van der Waals surface area contributed by atoms with Crippen molar-refractivity contribution in [2.75, 3.05) is 31.6 Å². The molecule has 0 saturated heterocycles. The Hall–Kier alpha value is -3.67. The number of hydrogen-bond donors (Lipinski definition) is 3. The molecule has 0 amide bonds. The summed E-state index contributed by atoms with van der Waals surface area (Å²) < 4.78 is 31.2. The minimum Gasteiger partial charge on any atom is -0.395 e. The van der Waals surface area contributed by atoms with E-state index in [9.17, 15) is 18.0 Å². The number of rotatable bonds is 9. The van der Waals surface area contributed by atoms with E-state index in [1.54, 1.807) is 12.1 Å². The number of fused-ring (bicyclic) bond motifs is 2. The summed E-state index contributed by atoms with van der Waals surface area (Å²) in [5, 5.41) is 22.4. The normalized spacial score (nSPS) is 12.8. The highest BCUT2D eigenvalue weighted by Crippen LogP contribution is 2.38. The van der Waals surface area contributed by atoms with E-state index in [4.69, 9.17) is 9.29 Å². The second kappa shape index (κ2) is 9.67. The Morgan fingerprint density at radius 1 is 0.882 bits per heavy atom. The highest BCUT2D eigenvalue weighted by atomic mass is 32.2. The number of ketones is 2. The summed E-state index contributed by atoms with van der Waals surface area (Å²) in [5.74, 6) is -1.33. The fraction of sp³-hybridized carbons (Fsp3) is 0.217. The number of carbonyl (C=O) groups excluding carboxylic acids is 2. The number of aliphatic hydroxyl groups excluding tert-OH is 1. The lowest BCUT2D eigenvalue weighted by Crippen LogP contribution is -2.27. The maximum Gasteiger partial charge on any atom is 0.339 e. The molecule has 11 heteroatoms. The first-order valence-corrected chi connectivity index (χ1v) is 11.9. The lowest BCUT2D eigenvalue weighted by molar-refractivity contribution is 0.0977. The van der Waals surface area contributed by atoms with Gasteiger partial charge in [0.25, 0.3) is 0 Å². The molecule has 4 rings (SSSR count). The van der Waals surface area contributed by atoms with Crippen molar-refractivity contribution >= 4 is 27.4 Å². The molecule has 0 aliphatic heterocycles. The molecule has 0 atom stereocenters. The fourth-order valence-corrected chi connectivity index (χ4v) is 4.52. The maximum atomic E-state index is 13.3. The molecule has 0 saturated carbocycles. The first-order chi connectivity index (χ1) is 16.3. The summed E-state index contributed by atoms with van der Waals surface area (Å²) in [6.07, 6.45) is 2.39. The third-order valence-corrected chi connectivity index (χ3v) is 6.50. The van der Waals surface area contributed by atoms with Gasteiger partial charge in [0.1, 0.15) is 4.90 Å². The molecule has 3 aromatic rings. The van der Waals surface area contributed by atoms with E-state index in [2.05, 4.69) is 20.8 Å². The third kappa shape index (κ3) is 4.53. The second-order valence-electron chi connectivity index (χ2n) is 7.59. The predicted molar refractivity (Wildman–Crippen MR) is 123 cm³/mol. The lowest BCUT2D eigenvalue weighted by Gasteiger charge is -2.22. The number of aryl methyl sites for hydroxylation is 1. The molecule has 176 valence electrons. The summed E-state index contributed by atoms with van der Waals surface area (Å²) in [5.41, 5.74) is 1.17. The monoisotopic (exact) mass is 482 g/mol. The summed E-state index contributed by atoms with van der Waals surface area (Å²) in [7, 11) is -4.27. The topological polar surface area (TPSA) is 148 Å². The molecule has 0 fully saturated rings. The number of anilines is 1. The van der Waals surface area contributed by atoms with Crippen LogP contribution in [0.25, 0.3) is 0 Å². The minimum atomic E-state index is -4.27. The smallest absolute Gasteiger partial charge is 0.339 e. The Morgan fingerprint density at radius 3 is 2.18 bits per heavy atom. The van der Waals surface area contributed by atoms with Crippen molar-refractivity contribution in [2.45, 2.75) is 11.8 Å². The molecular weight excluding hydrogens is 460 g/mol. The molecule has 10 nitrogen and oxygen atoms in total. The molecule has 0 radical (unpaired) electrons. The van der Waals surface area contributed by atoms with E-state index >= 15 is 0 Å². The van der Waals surface area contributed by atoms with Gasteiger partial charge in [-0.15, -0.1) is 0 Å². The van der Waals surface area contributed by atoms with Gasteiger partial charge in [0.05, 0.1) is 41.3 Å². The molecule has 3 N–H and O–H groups in total. The summed E-state index contributed by atoms with van der Waals surface area (Å²) in [6, 6.07) is 8.92. The van der Waals surface area contributed by atoms with Gasteiger partial charge >= 0.3 is 10.1 Å². The van der Waals surface area contributed by atoms with Crippen LogP contribution in [-0.4, -0.2) is 61.5 Å². The van der Waals surface area contributed by atoms with E-state index in [0.29, 0.717) is 25.3 Å². The molecule has 0 bridgehead atoms. The van der Waals surface area contributed by atoms with Gasteiger partial charge in [-0.25, -0.2) is 0 Å². The average Bonchev–Trinajstić information content (AvgIpc) is 2.83. The Balaban J connectivity index is 1.76. The highest BCUT2D eigenvalue weighted by Gasteiger charge is 2.36. The Kier molecular flexibility index (Phi) is 6.68. The minimum absolute atomic E-state index is 0.00395. The van der Waals surface area contributed by atoms with Crippen LogP contribution in [0.1, 0.15) is 37.4 Å². The van der Waals surface area contributed by atoms with Crippen molar-refractivity contribution in [3.8, 4) is 5.75 Å². The zero-order chi connectivity index (χ0) is 24.3. The Morgan fingerprint density at radius 2 is 1.53 bits per heavy atom. The van der Waals surface area contributed by atoms with Crippen molar-refractivity contribution in [3.63, 3.8) is 0 Å². The van der Waals surface area contributed by atoms with Gasteiger partial charge in [-0.3, -0.25) is 9.59 Å². The number of carbonyl (C=O) groups is 2. The number of hydrogen-bond acceptors (Lipinski definition) is 10. The van der Waals surface area contributed by atoms with Gasteiger partial charge in [0.2, 0.25) is 0 Å². The number of aromatic nitrogens is 2. The SMILES string of the molecule is Cc1ccc(S(=O)(=O)Oc2ccc(NCCNCCO)c3c2C(=O)c2cnncc2C3=O)cc1. The van der Waals surface area contributed by atoms with Crippen LogP contribution in [0.3, 0.4) is 0 Å². The Bertz CT molecular complexity index is 1360. The van der Waals surface area contributed by atoms with Crippen LogP contribution in [0.5, 0.6) is 5.75 Å². The number of nitrogens with zero attached hydrogens (tertiary/aromatic N) is 2. The summed E-state index contributed by atoms with van der Waals surface area (Å²) in [6.45, 7) is 3.09. The standard InChI is InChI=1S/C23H22N4O6S/c1-14-2-4-15(5-3-14)34(31,32)33-19-7-6-18(25-9-8-24-10-11-28)20-21(19)23(30)17-13-27-26-12-16(17)22(20)29/h2-7,12-13,24-25,28H,8-11H2,1H3. The van der Waals surface area contributed by atoms with Gasteiger partial charge in [0, 0.05) is 25.3 Å². The van der Waals surface area contributed by atoms with E-state index < -0.39 is 21.7 Å². The van der Waals surface area contributed by atoms with Crippen LogP contribution < -0.4 is 14.8 Å². The number of aliphatic hydroxyl groups is 1. The van der Waals surface area contributed by atoms with Gasteiger partial charge in [-0.2, -0.15) is 18.6 Å². The van der Waals surface area contributed by atoms with Crippen LogP contribution in [-0.2, 0) is 10.1 Å². The van der Waals surface area contributed by atoms with Crippen LogP contribution >= 0.6 is 0 Å². The largest absolute Gasteiger partial charge is 0.395 e. The molecule has 0 unspecified atom stereocenters. The van der Waals surface area contributed by atoms with E-state index in [0.717, 1.165) is 5.56 Å². The van der Waals surface area contributed by atoms with Crippen LogP contribution in [0, 0.1) is 6.92 Å². The zero-order valence-corrected chi connectivity index (χ0v) is 19.1. The molecule has 1 aliphatic carbocycles. The van der Waals surface area contributed by atoms with Crippen molar-refractivity contribution in [1.82, 2.24) is 15.5 Å². The van der Waals surface area contributed by atoms with E-state index in [1.807, 2.05) is 6.92 Å². The van der Waals surface area contributed by atoms with Crippen molar-refractivity contribution in [2.24, 2.45) is 0 Å². The molecular formula is C23H22N4O6S. The van der Waals surface area contributed by atoms with Crippen LogP contribution in [0.4, 0.5) is 5.69 Å². The highest BCUT2D eigenvalue weighted by molar-refractivity contribution is 7.87. The molecule has 1 aromatic heterocycles. The Labute approximate surface area is 196 Å². The maximum absolute atomic E-state index is 13.3. The molecule has 34 heavy (non-hydrogen) atoms. The van der Waals surface area contributed by atoms with Crippen molar-refractivity contribution in [1.29, 1.82) is 0 Å². The summed E-state index contributed by atoms with van der Waals surface area (Å²) >= 11 is 0. The van der Waals surface area contributed by atoms with Gasteiger partial charge in [0.15, 0.2) is 17.3 Å². The first kappa shape index (κ1) is 23.5. The van der Waals surface area contributed by atoms with Crippen LogP contribution in [0.2, 0.25) is 0 Å². The third-order valence-electron chi connectivity index (χ3n) is 5.26. The second-order valence-corrected chi connectivity index (χ2v) is 9.13. The lowest BCUT2D eigenvalue weighted by atomic mass is 9.84. The van der Waals surface area contributed by atoms with Crippen molar-refractivity contribution in [3.05, 3.63) is 76.6 Å². The van der Waals surface area contributed by atoms with E-state index in [-0.39, 0.29) is 39.5 Å². The van der Waals surface area contributed by atoms with Gasteiger partial charge < -0.3 is 19.9 Å². The first-order valence-electron chi connectivity index (χ1n) is 10.5. The molecule has 1 aliphatic rings. The van der Waals surface area contributed by atoms with Crippen LogP contribution in [0.15, 0.2) is 53.7 Å². The average molecular weight is 483 g/mol. The molecule has 0 spiro atoms. The predicted octanol–water partition coefficient (Wildman–Crippen LogP) is 1.32. The van der Waals surface area contributed by atoms with Gasteiger partial charge in [-0.05, 0) is 31.2 Å². The number of benzene rings is 2. The number of nitrogens with one attached hydrogen (secondary N) is 2. The molecule has 1 heterocycles. The van der Waals surface area contributed by atoms with Crippen molar-refractivity contribution < 1.29 is 27.3 Å². The van der Waals surface area contributed by atoms with Gasteiger partial charge in [-0.1, -0.05) is 17.7 Å².